The van der Waals surface area contributed by atoms with Crippen molar-refractivity contribution in [2.45, 2.75) is 32.4 Å². The number of nitrogens with zero attached hydrogens (tertiary/aromatic N) is 1. The van der Waals surface area contributed by atoms with Crippen LogP contribution in [0.15, 0.2) is 72.8 Å². The zero-order valence-corrected chi connectivity index (χ0v) is 20.7. The van der Waals surface area contributed by atoms with Crippen molar-refractivity contribution in [1.82, 2.24) is 10.2 Å². The fourth-order valence-electron chi connectivity index (χ4n) is 4.44. The van der Waals surface area contributed by atoms with Crippen LogP contribution in [-0.2, 0) is 11.3 Å². The first kappa shape index (κ1) is 24.6. The maximum atomic E-state index is 12.9. The molecule has 0 aromatic heterocycles. The number of ether oxygens (including phenoxy) is 3. The summed E-state index contributed by atoms with van der Waals surface area (Å²) in [4.78, 5) is 15.3. The predicted octanol–water partition coefficient (Wildman–Crippen LogP) is 5.59. The van der Waals surface area contributed by atoms with Crippen molar-refractivity contribution in [1.29, 1.82) is 0 Å². The van der Waals surface area contributed by atoms with Crippen molar-refractivity contribution in [2.24, 2.45) is 5.92 Å². The third-order valence-corrected chi connectivity index (χ3v) is 6.53. The van der Waals surface area contributed by atoms with E-state index in [-0.39, 0.29) is 17.9 Å². The van der Waals surface area contributed by atoms with Gasteiger partial charge < -0.3 is 19.5 Å². The minimum absolute atomic E-state index is 0.0375. The Hall–Kier alpha value is -3.51. The van der Waals surface area contributed by atoms with E-state index in [2.05, 4.69) is 22.3 Å². The Bertz CT molecular complexity index is 1090. The van der Waals surface area contributed by atoms with Gasteiger partial charge in [0, 0.05) is 12.5 Å². The summed E-state index contributed by atoms with van der Waals surface area (Å²) in [5, 5.41) is 3.18. The molecule has 4 rings (SSSR count). The van der Waals surface area contributed by atoms with Gasteiger partial charge in [0.15, 0.2) is 11.5 Å². The molecule has 1 unspecified atom stereocenters. The van der Waals surface area contributed by atoms with E-state index in [1.54, 1.807) is 14.2 Å². The molecule has 3 aromatic carbocycles. The van der Waals surface area contributed by atoms with Crippen LogP contribution in [0.1, 0.15) is 36.9 Å². The van der Waals surface area contributed by atoms with E-state index in [4.69, 9.17) is 14.2 Å². The number of para-hydroxylation sites is 1. The fraction of sp³-hybridized carbons (Fsp3) is 0.345. The molecule has 0 spiro atoms. The van der Waals surface area contributed by atoms with Gasteiger partial charge in [-0.25, -0.2) is 0 Å². The molecule has 0 saturated carbocycles. The number of amides is 1. The van der Waals surface area contributed by atoms with Crippen LogP contribution in [-0.4, -0.2) is 38.1 Å². The number of rotatable bonds is 9. The van der Waals surface area contributed by atoms with Crippen LogP contribution in [0, 0.1) is 5.92 Å². The van der Waals surface area contributed by atoms with Crippen LogP contribution in [0.2, 0.25) is 0 Å². The minimum Gasteiger partial charge on any atom is -0.493 e. The maximum Gasteiger partial charge on any atom is 0.223 e. The molecule has 1 aliphatic rings. The van der Waals surface area contributed by atoms with Gasteiger partial charge in [0.2, 0.25) is 5.91 Å². The number of piperidine rings is 1. The SMILES string of the molecule is COc1ccc(C(C)NC(=O)C2CCN(Cc3ccc(Oc4ccccc4)cc3)CC2)cc1OC. The van der Waals surface area contributed by atoms with Crippen molar-refractivity contribution in [3.05, 3.63) is 83.9 Å². The molecule has 1 N–H and O–H groups in total. The second-order valence-electron chi connectivity index (χ2n) is 8.95. The van der Waals surface area contributed by atoms with Gasteiger partial charge in [0.05, 0.1) is 20.3 Å². The number of hydrogen-bond acceptors (Lipinski definition) is 5. The van der Waals surface area contributed by atoms with Crippen molar-refractivity contribution in [2.75, 3.05) is 27.3 Å². The minimum atomic E-state index is -0.100. The monoisotopic (exact) mass is 474 g/mol. The van der Waals surface area contributed by atoms with E-state index in [1.165, 1.54) is 5.56 Å². The van der Waals surface area contributed by atoms with Crippen LogP contribution >= 0.6 is 0 Å². The molecule has 0 bridgehead atoms. The predicted molar refractivity (Wildman–Crippen MR) is 137 cm³/mol. The molecule has 35 heavy (non-hydrogen) atoms. The molecule has 1 atom stereocenters. The standard InChI is InChI=1S/C29H34N2O4/c1-21(24-11-14-27(33-2)28(19-24)34-3)30-29(32)23-15-17-31(18-16-23)20-22-9-12-26(13-10-22)35-25-7-5-4-6-8-25/h4-14,19,21,23H,15-18,20H2,1-3H3,(H,30,32). The zero-order valence-electron chi connectivity index (χ0n) is 20.7. The van der Waals surface area contributed by atoms with Gasteiger partial charge in [-0.3, -0.25) is 9.69 Å². The molecule has 0 radical (unpaired) electrons. The number of carbonyl (C=O) groups excluding carboxylic acids is 1. The Balaban J connectivity index is 1.24. The smallest absolute Gasteiger partial charge is 0.223 e. The van der Waals surface area contributed by atoms with Crippen molar-refractivity contribution >= 4 is 5.91 Å². The first-order valence-corrected chi connectivity index (χ1v) is 12.1. The topological polar surface area (TPSA) is 60.0 Å². The Morgan fingerprint density at radius 3 is 2.23 bits per heavy atom. The number of hydrogen-bond donors (Lipinski definition) is 1. The van der Waals surface area contributed by atoms with E-state index in [0.717, 1.165) is 49.5 Å². The molecule has 184 valence electrons. The van der Waals surface area contributed by atoms with Gasteiger partial charge in [-0.05, 0) is 80.4 Å². The number of benzene rings is 3. The lowest BCUT2D eigenvalue weighted by Crippen LogP contribution is -2.40. The van der Waals surface area contributed by atoms with Gasteiger partial charge >= 0.3 is 0 Å². The summed E-state index contributed by atoms with van der Waals surface area (Å²) in [6, 6.07) is 23.7. The van der Waals surface area contributed by atoms with Crippen LogP contribution < -0.4 is 19.5 Å². The van der Waals surface area contributed by atoms with Crippen LogP contribution in [0.5, 0.6) is 23.0 Å². The lowest BCUT2D eigenvalue weighted by molar-refractivity contribution is -0.127. The molecule has 1 amide bonds. The summed E-state index contributed by atoms with van der Waals surface area (Å²) in [6.07, 6.45) is 1.72. The zero-order chi connectivity index (χ0) is 24.6. The van der Waals surface area contributed by atoms with Crippen LogP contribution in [0.4, 0.5) is 0 Å². The van der Waals surface area contributed by atoms with Gasteiger partial charge in [0.25, 0.3) is 0 Å². The second-order valence-corrected chi connectivity index (χ2v) is 8.95. The quantitative estimate of drug-likeness (QED) is 0.438. The first-order valence-electron chi connectivity index (χ1n) is 12.1. The molecule has 6 nitrogen and oxygen atoms in total. The lowest BCUT2D eigenvalue weighted by Gasteiger charge is -2.32. The highest BCUT2D eigenvalue weighted by atomic mass is 16.5. The summed E-state index contributed by atoms with van der Waals surface area (Å²) in [6.45, 7) is 4.69. The maximum absolute atomic E-state index is 12.9. The third-order valence-electron chi connectivity index (χ3n) is 6.53. The Labute approximate surface area is 207 Å². The highest BCUT2D eigenvalue weighted by Crippen LogP contribution is 2.30. The van der Waals surface area contributed by atoms with Crippen molar-refractivity contribution in [3.63, 3.8) is 0 Å². The Kier molecular flexibility index (Phi) is 8.27. The van der Waals surface area contributed by atoms with Gasteiger partial charge in [0.1, 0.15) is 11.5 Å². The Morgan fingerprint density at radius 1 is 0.914 bits per heavy atom. The highest BCUT2D eigenvalue weighted by Gasteiger charge is 2.26. The van der Waals surface area contributed by atoms with E-state index in [1.807, 2.05) is 67.6 Å². The molecule has 1 fully saturated rings. The van der Waals surface area contributed by atoms with E-state index >= 15 is 0 Å². The largest absolute Gasteiger partial charge is 0.493 e. The van der Waals surface area contributed by atoms with E-state index in [0.29, 0.717) is 11.5 Å². The Morgan fingerprint density at radius 2 is 1.57 bits per heavy atom. The number of nitrogens with one attached hydrogen (secondary N) is 1. The number of carbonyl (C=O) groups is 1. The first-order chi connectivity index (χ1) is 17.1. The molecule has 1 aliphatic heterocycles. The average molecular weight is 475 g/mol. The molecule has 0 aliphatic carbocycles. The molecule has 1 heterocycles. The highest BCUT2D eigenvalue weighted by molar-refractivity contribution is 5.79. The number of likely N-dealkylation sites (tertiary alicyclic amines) is 1. The summed E-state index contributed by atoms with van der Waals surface area (Å²) in [5.41, 5.74) is 2.24. The summed E-state index contributed by atoms with van der Waals surface area (Å²) < 4.78 is 16.6. The molecular weight excluding hydrogens is 440 g/mol. The normalized spacial score (nSPS) is 15.3. The van der Waals surface area contributed by atoms with E-state index < -0.39 is 0 Å². The van der Waals surface area contributed by atoms with Gasteiger partial charge in [-0.2, -0.15) is 0 Å². The number of methoxy groups -OCH3 is 2. The summed E-state index contributed by atoms with van der Waals surface area (Å²) >= 11 is 0. The summed E-state index contributed by atoms with van der Waals surface area (Å²) in [5.74, 6) is 3.17. The summed E-state index contributed by atoms with van der Waals surface area (Å²) in [7, 11) is 3.23. The van der Waals surface area contributed by atoms with Gasteiger partial charge in [-0.1, -0.05) is 36.4 Å². The van der Waals surface area contributed by atoms with Crippen molar-refractivity contribution in [3.8, 4) is 23.0 Å². The van der Waals surface area contributed by atoms with E-state index in [9.17, 15) is 4.79 Å². The average Bonchev–Trinajstić information content (AvgIpc) is 2.90. The fourth-order valence-corrected chi connectivity index (χ4v) is 4.44. The molecule has 3 aromatic rings. The van der Waals surface area contributed by atoms with Crippen molar-refractivity contribution < 1.29 is 19.0 Å². The third kappa shape index (κ3) is 6.55. The lowest BCUT2D eigenvalue weighted by atomic mass is 9.94. The van der Waals surface area contributed by atoms with Crippen LogP contribution in [0.25, 0.3) is 0 Å². The van der Waals surface area contributed by atoms with Crippen LogP contribution in [0.3, 0.4) is 0 Å². The molecular formula is C29H34N2O4. The molecule has 6 heteroatoms. The molecule has 1 saturated heterocycles. The van der Waals surface area contributed by atoms with Gasteiger partial charge in [-0.15, -0.1) is 0 Å². The second kappa shape index (κ2) is 11.8.